The van der Waals surface area contributed by atoms with Gasteiger partial charge in [-0.3, -0.25) is 9.59 Å². The van der Waals surface area contributed by atoms with Gasteiger partial charge in [0.2, 0.25) is 5.91 Å². The minimum Gasteiger partial charge on any atom is -0.497 e. The van der Waals surface area contributed by atoms with Crippen LogP contribution in [0.1, 0.15) is 41.7 Å². The van der Waals surface area contributed by atoms with Crippen LogP contribution in [0.3, 0.4) is 0 Å². The number of methoxy groups -OCH3 is 1. The number of esters is 1. The molecule has 1 unspecified atom stereocenters. The molecule has 0 radical (unpaired) electrons. The summed E-state index contributed by atoms with van der Waals surface area (Å²) in [6.45, 7) is 1.92. The summed E-state index contributed by atoms with van der Waals surface area (Å²) in [5, 5.41) is 2.66. The van der Waals surface area contributed by atoms with Gasteiger partial charge in [-0.15, -0.1) is 0 Å². The monoisotopic (exact) mass is 369 g/mol. The van der Waals surface area contributed by atoms with Gasteiger partial charge >= 0.3 is 5.97 Å². The number of hydrogen-bond donors (Lipinski definition) is 1. The van der Waals surface area contributed by atoms with Crippen molar-refractivity contribution in [1.29, 1.82) is 0 Å². The van der Waals surface area contributed by atoms with E-state index >= 15 is 0 Å². The molecule has 0 fully saturated rings. The molecule has 0 spiro atoms. The molecule has 0 saturated carbocycles. The van der Waals surface area contributed by atoms with Crippen molar-refractivity contribution in [2.45, 2.75) is 25.8 Å². The lowest BCUT2D eigenvalue weighted by Crippen LogP contribution is -2.35. The lowest BCUT2D eigenvalue weighted by Gasteiger charge is -2.17. The molecule has 142 valence electrons. The Labute approximate surface area is 158 Å². The van der Waals surface area contributed by atoms with Gasteiger partial charge in [0.05, 0.1) is 13.7 Å². The van der Waals surface area contributed by atoms with Crippen LogP contribution in [-0.4, -0.2) is 31.4 Å². The second kappa shape index (κ2) is 10.1. The quantitative estimate of drug-likeness (QED) is 0.543. The van der Waals surface area contributed by atoms with Crippen LogP contribution in [0.25, 0.3) is 0 Å². The summed E-state index contributed by atoms with van der Waals surface area (Å²) in [7, 11) is 1.55. The van der Waals surface area contributed by atoms with Crippen molar-refractivity contribution in [3.8, 4) is 5.75 Å². The van der Waals surface area contributed by atoms with Gasteiger partial charge in [-0.25, -0.2) is 4.79 Å². The van der Waals surface area contributed by atoms with Crippen LogP contribution >= 0.6 is 0 Å². The Balaban J connectivity index is 1.96. The number of benzene rings is 2. The molecule has 0 saturated heterocycles. The molecule has 0 aliphatic heterocycles. The molecule has 0 bridgehead atoms. The van der Waals surface area contributed by atoms with Crippen LogP contribution in [0, 0.1) is 0 Å². The first-order valence-electron chi connectivity index (χ1n) is 8.73. The molecule has 2 rings (SSSR count). The van der Waals surface area contributed by atoms with Crippen LogP contribution < -0.4 is 10.1 Å². The molecule has 1 N–H and O–H groups in total. The first-order chi connectivity index (χ1) is 13.0. The van der Waals surface area contributed by atoms with Gasteiger partial charge in [-0.05, 0) is 36.8 Å². The molecule has 6 nitrogen and oxygen atoms in total. The van der Waals surface area contributed by atoms with E-state index < -0.39 is 17.9 Å². The third kappa shape index (κ3) is 5.95. The normalized spacial score (nSPS) is 11.3. The Hall–Kier alpha value is -3.15. The second-order valence-electron chi connectivity index (χ2n) is 5.81. The van der Waals surface area contributed by atoms with Crippen molar-refractivity contribution < 1.29 is 23.9 Å². The Bertz CT molecular complexity index is 771. The van der Waals surface area contributed by atoms with Gasteiger partial charge in [0.1, 0.15) is 5.75 Å². The highest BCUT2D eigenvalue weighted by atomic mass is 16.5. The summed E-state index contributed by atoms with van der Waals surface area (Å²) in [6, 6.07) is 14.7. The molecule has 27 heavy (non-hydrogen) atoms. The average Bonchev–Trinajstić information content (AvgIpc) is 2.71. The Kier molecular flexibility index (Phi) is 7.55. The number of carbonyl (C=O) groups excluding carboxylic acids is 3. The molecule has 0 aromatic heterocycles. The van der Waals surface area contributed by atoms with Gasteiger partial charge in [0.25, 0.3) is 0 Å². The van der Waals surface area contributed by atoms with E-state index in [9.17, 15) is 14.4 Å². The number of amides is 1. The summed E-state index contributed by atoms with van der Waals surface area (Å²) < 4.78 is 10.1. The third-order valence-corrected chi connectivity index (χ3v) is 3.95. The van der Waals surface area contributed by atoms with E-state index in [4.69, 9.17) is 9.47 Å². The van der Waals surface area contributed by atoms with Crippen molar-refractivity contribution in [2.24, 2.45) is 0 Å². The number of rotatable bonds is 9. The van der Waals surface area contributed by atoms with Gasteiger partial charge in [-0.2, -0.15) is 0 Å². The zero-order valence-electron chi connectivity index (χ0n) is 15.4. The maximum Gasteiger partial charge on any atom is 0.333 e. The van der Waals surface area contributed by atoms with E-state index in [1.807, 2.05) is 6.07 Å². The lowest BCUT2D eigenvalue weighted by atomic mass is 10.0. The SMILES string of the molecule is CCOC(=O)C(NC(=O)CCC(=O)c1ccc(OC)cc1)c1ccccc1. The number of hydrogen-bond acceptors (Lipinski definition) is 5. The van der Waals surface area contributed by atoms with Crippen LogP contribution in [-0.2, 0) is 14.3 Å². The Morgan fingerprint density at radius 2 is 1.63 bits per heavy atom. The minimum absolute atomic E-state index is 0.0202. The molecule has 0 aliphatic carbocycles. The van der Waals surface area contributed by atoms with E-state index in [0.717, 1.165) is 0 Å². The molecule has 2 aromatic carbocycles. The predicted octanol–water partition coefficient (Wildman–Crippen LogP) is 3.08. The molecule has 0 heterocycles. The molecule has 2 aromatic rings. The van der Waals surface area contributed by atoms with E-state index in [0.29, 0.717) is 16.9 Å². The standard InChI is InChI=1S/C21H23NO5/c1-3-27-21(25)20(16-7-5-4-6-8-16)22-19(24)14-13-18(23)15-9-11-17(26-2)12-10-15/h4-12,20H,3,13-14H2,1-2H3,(H,22,24). The fourth-order valence-electron chi connectivity index (χ4n) is 2.53. The number of Topliss-reactive ketones (excluding diaryl/α,β-unsaturated/α-hetero) is 1. The molecule has 1 amide bonds. The predicted molar refractivity (Wildman–Crippen MR) is 101 cm³/mol. The number of ether oxygens (including phenoxy) is 2. The highest BCUT2D eigenvalue weighted by Crippen LogP contribution is 2.16. The number of nitrogens with one attached hydrogen (secondary N) is 1. The fourth-order valence-corrected chi connectivity index (χ4v) is 2.53. The van der Waals surface area contributed by atoms with E-state index in [1.165, 1.54) is 0 Å². The molecule has 6 heteroatoms. The van der Waals surface area contributed by atoms with Crippen LogP contribution in [0.4, 0.5) is 0 Å². The summed E-state index contributed by atoms with van der Waals surface area (Å²) in [5.74, 6) is -0.415. The highest BCUT2D eigenvalue weighted by Gasteiger charge is 2.24. The van der Waals surface area contributed by atoms with Gasteiger partial charge < -0.3 is 14.8 Å². The smallest absolute Gasteiger partial charge is 0.333 e. The van der Waals surface area contributed by atoms with Crippen LogP contribution in [0.15, 0.2) is 54.6 Å². The topological polar surface area (TPSA) is 81.7 Å². The summed E-state index contributed by atoms with van der Waals surface area (Å²) in [5.41, 5.74) is 1.14. The van der Waals surface area contributed by atoms with Crippen molar-refractivity contribution in [1.82, 2.24) is 5.32 Å². The summed E-state index contributed by atoms with van der Waals surface area (Å²) in [6.07, 6.45) is 0.0239. The summed E-state index contributed by atoms with van der Waals surface area (Å²) >= 11 is 0. The average molecular weight is 369 g/mol. The maximum atomic E-state index is 12.3. The van der Waals surface area contributed by atoms with Gasteiger partial charge in [-0.1, -0.05) is 30.3 Å². The highest BCUT2D eigenvalue weighted by molar-refractivity contribution is 5.98. The zero-order chi connectivity index (χ0) is 19.6. The second-order valence-corrected chi connectivity index (χ2v) is 5.81. The fraction of sp³-hybridized carbons (Fsp3) is 0.286. The van der Waals surface area contributed by atoms with Crippen LogP contribution in [0.2, 0.25) is 0 Å². The molecular formula is C21H23NO5. The Morgan fingerprint density at radius 1 is 0.963 bits per heavy atom. The van der Waals surface area contributed by atoms with E-state index in [1.54, 1.807) is 62.6 Å². The number of ketones is 1. The maximum absolute atomic E-state index is 12.3. The van der Waals surface area contributed by atoms with Crippen molar-refractivity contribution in [2.75, 3.05) is 13.7 Å². The van der Waals surface area contributed by atoms with Crippen LogP contribution in [0.5, 0.6) is 5.75 Å². The van der Waals surface area contributed by atoms with E-state index in [2.05, 4.69) is 5.32 Å². The third-order valence-electron chi connectivity index (χ3n) is 3.95. The van der Waals surface area contributed by atoms with Gasteiger partial charge in [0.15, 0.2) is 11.8 Å². The molecule has 0 aliphatic rings. The van der Waals surface area contributed by atoms with Crippen molar-refractivity contribution in [3.63, 3.8) is 0 Å². The summed E-state index contributed by atoms with van der Waals surface area (Å²) in [4.78, 5) is 36.7. The number of carbonyl (C=O) groups is 3. The van der Waals surface area contributed by atoms with Crippen molar-refractivity contribution in [3.05, 3.63) is 65.7 Å². The van der Waals surface area contributed by atoms with E-state index in [-0.39, 0.29) is 25.2 Å². The zero-order valence-corrected chi connectivity index (χ0v) is 15.4. The molecular weight excluding hydrogens is 346 g/mol. The Morgan fingerprint density at radius 3 is 2.22 bits per heavy atom. The largest absolute Gasteiger partial charge is 0.497 e. The minimum atomic E-state index is -0.894. The molecule has 1 atom stereocenters. The first kappa shape index (κ1) is 20.2. The van der Waals surface area contributed by atoms with Crippen molar-refractivity contribution >= 4 is 17.7 Å². The first-order valence-corrected chi connectivity index (χ1v) is 8.73. The lowest BCUT2D eigenvalue weighted by molar-refractivity contribution is -0.147. The van der Waals surface area contributed by atoms with Gasteiger partial charge in [0, 0.05) is 18.4 Å².